The molecule has 2 N–H and O–H groups in total. The van der Waals surface area contributed by atoms with Gasteiger partial charge in [0.15, 0.2) is 5.96 Å². The molecule has 120 valence electrons. The number of rotatable bonds is 4. The molecule has 0 aromatic heterocycles. The Morgan fingerprint density at radius 2 is 2.14 bits per heavy atom. The Bertz CT molecular complexity index is 525. The van der Waals surface area contributed by atoms with Gasteiger partial charge in [0.05, 0.1) is 18.7 Å². The van der Waals surface area contributed by atoms with E-state index in [0.717, 1.165) is 18.7 Å². The number of nitrogens with zero attached hydrogens (tertiary/aromatic N) is 2. The van der Waals surface area contributed by atoms with Crippen LogP contribution in [0.15, 0.2) is 29.3 Å². The van der Waals surface area contributed by atoms with Crippen molar-refractivity contribution in [3.8, 4) is 0 Å². The van der Waals surface area contributed by atoms with Gasteiger partial charge in [0, 0.05) is 13.1 Å². The SMILES string of the molecule is CCOC(=O)c1ccc(CN=C(N)N2CCCC(C)C2)cc1. The van der Waals surface area contributed by atoms with Gasteiger partial charge >= 0.3 is 5.97 Å². The largest absolute Gasteiger partial charge is 0.462 e. The molecule has 0 bridgehead atoms. The Kier molecular flexibility index (Phi) is 5.81. The maximum absolute atomic E-state index is 11.6. The Morgan fingerprint density at radius 3 is 2.77 bits per heavy atom. The molecular weight excluding hydrogens is 278 g/mol. The number of nitrogens with two attached hydrogens (primary N) is 1. The summed E-state index contributed by atoms with van der Waals surface area (Å²) in [7, 11) is 0. The minimum absolute atomic E-state index is 0.292. The maximum atomic E-state index is 11.6. The van der Waals surface area contributed by atoms with Crippen LogP contribution in [0.2, 0.25) is 0 Å². The summed E-state index contributed by atoms with van der Waals surface area (Å²) in [6.07, 6.45) is 2.44. The number of piperidine rings is 1. The molecule has 0 spiro atoms. The lowest BCUT2D eigenvalue weighted by Gasteiger charge is -2.31. The maximum Gasteiger partial charge on any atom is 0.338 e. The molecule has 1 heterocycles. The van der Waals surface area contributed by atoms with Crippen molar-refractivity contribution >= 4 is 11.9 Å². The fourth-order valence-corrected chi connectivity index (χ4v) is 2.63. The van der Waals surface area contributed by atoms with Crippen LogP contribution < -0.4 is 5.73 Å². The van der Waals surface area contributed by atoms with Crippen molar-refractivity contribution in [1.82, 2.24) is 4.90 Å². The van der Waals surface area contributed by atoms with E-state index in [1.807, 2.05) is 12.1 Å². The highest BCUT2D eigenvalue weighted by Crippen LogP contribution is 2.15. The predicted octanol–water partition coefficient (Wildman–Crippen LogP) is 2.41. The van der Waals surface area contributed by atoms with E-state index < -0.39 is 0 Å². The number of guanidine groups is 1. The average Bonchev–Trinajstić information content (AvgIpc) is 2.53. The molecule has 1 saturated heterocycles. The number of carbonyl (C=O) groups is 1. The summed E-state index contributed by atoms with van der Waals surface area (Å²) in [5, 5.41) is 0. The molecule has 5 heteroatoms. The number of likely N-dealkylation sites (tertiary alicyclic amines) is 1. The van der Waals surface area contributed by atoms with Crippen LogP contribution in [0.1, 0.15) is 42.6 Å². The summed E-state index contributed by atoms with van der Waals surface area (Å²) in [5.74, 6) is 0.992. The lowest BCUT2D eigenvalue weighted by molar-refractivity contribution is 0.0526. The second kappa shape index (κ2) is 7.82. The van der Waals surface area contributed by atoms with E-state index in [1.54, 1.807) is 19.1 Å². The Balaban J connectivity index is 1.93. The minimum Gasteiger partial charge on any atom is -0.462 e. The predicted molar refractivity (Wildman–Crippen MR) is 87.7 cm³/mol. The van der Waals surface area contributed by atoms with Crippen LogP contribution in [0.25, 0.3) is 0 Å². The van der Waals surface area contributed by atoms with Gasteiger partial charge in [-0.3, -0.25) is 0 Å². The van der Waals surface area contributed by atoms with Gasteiger partial charge in [-0.2, -0.15) is 0 Å². The normalized spacial score (nSPS) is 19.1. The van der Waals surface area contributed by atoms with Crippen LogP contribution in [0.3, 0.4) is 0 Å². The molecule has 1 fully saturated rings. The van der Waals surface area contributed by atoms with Crippen LogP contribution in [0.4, 0.5) is 0 Å². The van der Waals surface area contributed by atoms with E-state index in [1.165, 1.54) is 12.8 Å². The molecule has 0 amide bonds. The summed E-state index contributed by atoms with van der Waals surface area (Å²) >= 11 is 0. The molecular formula is C17H25N3O2. The third kappa shape index (κ3) is 4.48. The minimum atomic E-state index is -0.292. The van der Waals surface area contributed by atoms with Gasteiger partial charge in [0.25, 0.3) is 0 Å². The molecule has 0 aliphatic carbocycles. The third-order valence-corrected chi connectivity index (χ3v) is 3.87. The van der Waals surface area contributed by atoms with Crippen LogP contribution in [-0.4, -0.2) is 36.5 Å². The Morgan fingerprint density at radius 1 is 1.41 bits per heavy atom. The van der Waals surface area contributed by atoms with Crippen LogP contribution >= 0.6 is 0 Å². The molecule has 1 atom stereocenters. The van der Waals surface area contributed by atoms with Crippen LogP contribution in [0.5, 0.6) is 0 Å². The summed E-state index contributed by atoms with van der Waals surface area (Å²) in [5.41, 5.74) is 7.67. The second-order valence-corrected chi connectivity index (χ2v) is 5.79. The number of esters is 1. The molecule has 1 aromatic rings. The quantitative estimate of drug-likeness (QED) is 0.527. The van der Waals surface area contributed by atoms with Crippen molar-refractivity contribution in [2.45, 2.75) is 33.2 Å². The third-order valence-electron chi connectivity index (χ3n) is 3.87. The van der Waals surface area contributed by atoms with E-state index in [2.05, 4.69) is 16.8 Å². The van der Waals surface area contributed by atoms with E-state index in [0.29, 0.717) is 30.6 Å². The van der Waals surface area contributed by atoms with Gasteiger partial charge in [0.1, 0.15) is 0 Å². The lowest BCUT2D eigenvalue weighted by Crippen LogP contribution is -2.43. The van der Waals surface area contributed by atoms with Gasteiger partial charge in [-0.25, -0.2) is 9.79 Å². The molecule has 0 radical (unpaired) electrons. The number of benzene rings is 1. The molecule has 1 aliphatic rings. The van der Waals surface area contributed by atoms with Crippen molar-refractivity contribution in [2.24, 2.45) is 16.6 Å². The van der Waals surface area contributed by atoms with E-state index in [9.17, 15) is 4.79 Å². The van der Waals surface area contributed by atoms with Gasteiger partial charge < -0.3 is 15.4 Å². The first kappa shape index (κ1) is 16.3. The molecule has 1 unspecified atom stereocenters. The molecule has 22 heavy (non-hydrogen) atoms. The van der Waals surface area contributed by atoms with Gasteiger partial charge in [-0.15, -0.1) is 0 Å². The highest BCUT2D eigenvalue weighted by Gasteiger charge is 2.17. The average molecular weight is 303 g/mol. The Labute approximate surface area is 132 Å². The van der Waals surface area contributed by atoms with Crippen LogP contribution in [-0.2, 0) is 11.3 Å². The molecule has 5 nitrogen and oxygen atoms in total. The second-order valence-electron chi connectivity index (χ2n) is 5.79. The zero-order chi connectivity index (χ0) is 15.9. The molecule has 0 saturated carbocycles. The highest BCUT2D eigenvalue weighted by molar-refractivity contribution is 5.89. The molecule has 2 rings (SSSR count). The zero-order valence-corrected chi connectivity index (χ0v) is 13.4. The molecule has 1 aromatic carbocycles. The highest BCUT2D eigenvalue weighted by atomic mass is 16.5. The Hall–Kier alpha value is -2.04. The first-order chi connectivity index (χ1) is 10.6. The topological polar surface area (TPSA) is 67.9 Å². The monoisotopic (exact) mass is 303 g/mol. The number of carbonyl (C=O) groups excluding carboxylic acids is 1. The van der Waals surface area contributed by atoms with E-state index in [4.69, 9.17) is 10.5 Å². The van der Waals surface area contributed by atoms with Gasteiger partial charge in [-0.1, -0.05) is 19.1 Å². The number of ether oxygens (including phenoxy) is 1. The van der Waals surface area contributed by atoms with E-state index >= 15 is 0 Å². The van der Waals surface area contributed by atoms with Gasteiger partial charge in [0.2, 0.25) is 0 Å². The smallest absolute Gasteiger partial charge is 0.338 e. The summed E-state index contributed by atoms with van der Waals surface area (Å²) < 4.78 is 4.96. The van der Waals surface area contributed by atoms with Crippen molar-refractivity contribution in [2.75, 3.05) is 19.7 Å². The number of hydrogen-bond acceptors (Lipinski definition) is 3. The van der Waals surface area contributed by atoms with Crippen molar-refractivity contribution in [3.05, 3.63) is 35.4 Å². The summed E-state index contributed by atoms with van der Waals surface area (Å²) in [6.45, 7) is 6.92. The fourth-order valence-electron chi connectivity index (χ4n) is 2.63. The fraction of sp³-hybridized carbons (Fsp3) is 0.529. The molecule has 1 aliphatic heterocycles. The number of aliphatic imine (C=N–C) groups is 1. The first-order valence-corrected chi connectivity index (χ1v) is 7.91. The summed E-state index contributed by atoms with van der Waals surface area (Å²) in [6, 6.07) is 7.31. The zero-order valence-electron chi connectivity index (χ0n) is 13.4. The van der Waals surface area contributed by atoms with Gasteiger partial charge in [-0.05, 0) is 43.4 Å². The van der Waals surface area contributed by atoms with Crippen molar-refractivity contribution in [3.63, 3.8) is 0 Å². The standard InChI is InChI=1S/C17H25N3O2/c1-3-22-16(21)15-8-6-14(7-9-15)11-19-17(18)20-10-4-5-13(2)12-20/h6-9,13H,3-5,10-12H2,1-2H3,(H2,18,19). The lowest BCUT2D eigenvalue weighted by atomic mass is 10.0. The number of hydrogen-bond donors (Lipinski definition) is 1. The van der Waals surface area contributed by atoms with Crippen molar-refractivity contribution < 1.29 is 9.53 Å². The van der Waals surface area contributed by atoms with E-state index in [-0.39, 0.29) is 5.97 Å². The van der Waals surface area contributed by atoms with Crippen LogP contribution in [0, 0.1) is 5.92 Å². The summed E-state index contributed by atoms with van der Waals surface area (Å²) in [4.78, 5) is 18.2. The first-order valence-electron chi connectivity index (χ1n) is 7.91. The van der Waals surface area contributed by atoms with Crippen molar-refractivity contribution in [1.29, 1.82) is 0 Å².